The first-order chi connectivity index (χ1) is 11.5. The zero-order valence-electron chi connectivity index (χ0n) is 15.6. The first-order valence-corrected chi connectivity index (χ1v) is 9.48. The van der Waals surface area contributed by atoms with Crippen LogP contribution in [-0.2, 0) is 13.0 Å². The fourth-order valence-electron chi connectivity index (χ4n) is 3.86. The Morgan fingerprint density at radius 1 is 1.29 bits per heavy atom. The highest BCUT2D eigenvalue weighted by Gasteiger charge is 2.24. The van der Waals surface area contributed by atoms with E-state index in [0.717, 1.165) is 37.6 Å². The average molecular weight is 332 g/mol. The number of rotatable bonds is 6. The molecule has 0 aromatic heterocycles. The molecule has 1 N–H and O–H groups in total. The minimum Gasteiger partial charge on any atom is -0.494 e. The van der Waals surface area contributed by atoms with Gasteiger partial charge in [0, 0.05) is 36.2 Å². The van der Waals surface area contributed by atoms with Crippen LogP contribution >= 0.6 is 0 Å². The second-order valence-electron chi connectivity index (χ2n) is 7.51. The van der Waals surface area contributed by atoms with E-state index in [0.29, 0.717) is 18.7 Å². The zero-order valence-corrected chi connectivity index (χ0v) is 15.6. The van der Waals surface area contributed by atoms with Crippen LogP contribution in [0.25, 0.3) is 0 Å². The molecule has 1 aromatic rings. The van der Waals surface area contributed by atoms with Gasteiger partial charge in [0.15, 0.2) is 0 Å². The molecule has 0 bridgehead atoms. The van der Waals surface area contributed by atoms with E-state index in [9.17, 15) is 0 Å². The lowest BCUT2D eigenvalue weighted by Crippen LogP contribution is -2.44. The Hall–Kier alpha value is -1.26. The summed E-state index contributed by atoms with van der Waals surface area (Å²) in [6.45, 7) is 12.6. The second kappa shape index (κ2) is 7.75. The third-order valence-electron chi connectivity index (χ3n) is 4.93. The molecule has 1 unspecified atom stereocenters. The van der Waals surface area contributed by atoms with Gasteiger partial charge in [-0.1, -0.05) is 13.8 Å². The standard InChI is InChI=1S/C20H32N2O2/c1-5-23-19-11-16-10-15(4)24-20(16)12-17(19)13-22-8-6-18(7-9-22)21-14(2)3/h11-12,14-15,18,21H,5-10,13H2,1-4H3. The highest BCUT2D eigenvalue weighted by atomic mass is 16.5. The van der Waals surface area contributed by atoms with Crippen LogP contribution in [0, 0.1) is 0 Å². The largest absolute Gasteiger partial charge is 0.494 e. The van der Waals surface area contributed by atoms with Crippen LogP contribution in [0.4, 0.5) is 0 Å². The van der Waals surface area contributed by atoms with Crippen LogP contribution < -0.4 is 14.8 Å². The minimum atomic E-state index is 0.280. The van der Waals surface area contributed by atoms with Crippen molar-refractivity contribution in [1.29, 1.82) is 0 Å². The maximum Gasteiger partial charge on any atom is 0.124 e. The summed E-state index contributed by atoms with van der Waals surface area (Å²) in [7, 11) is 0. The molecule has 1 aromatic carbocycles. The van der Waals surface area contributed by atoms with Gasteiger partial charge in [0.2, 0.25) is 0 Å². The fourth-order valence-corrected chi connectivity index (χ4v) is 3.86. The van der Waals surface area contributed by atoms with E-state index in [4.69, 9.17) is 9.47 Å². The van der Waals surface area contributed by atoms with Crippen LogP contribution in [0.3, 0.4) is 0 Å². The number of ether oxygens (including phenoxy) is 2. The SMILES string of the molecule is CCOc1cc2c(cc1CN1CCC(NC(C)C)CC1)OC(C)C2. The maximum atomic E-state index is 5.95. The van der Waals surface area contributed by atoms with Gasteiger partial charge < -0.3 is 14.8 Å². The highest BCUT2D eigenvalue weighted by molar-refractivity contribution is 5.48. The lowest BCUT2D eigenvalue weighted by atomic mass is 10.0. The molecule has 4 heteroatoms. The predicted molar refractivity (Wildman–Crippen MR) is 98.0 cm³/mol. The van der Waals surface area contributed by atoms with Gasteiger partial charge in [-0.05, 0) is 51.9 Å². The number of hydrogen-bond donors (Lipinski definition) is 1. The number of likely N-dealkylation sites (tertiary alicyclic amines) is 1. The second-order valence-corrected chi connectivity index (χ2v) is 7.51. The van der Waals surface area contributed by atoms with Crippen molar-refractivity contribution in [3.05, 3.63) is 23.3 Å². The number of nitrogens with one attached hydrogen (secondary N) is 1. The van der Waals surface area contributed by atoms with Crippen molar-refractivity contribution in [2.45, 2.75) is 71.7 Å². The highest BCUT2D eigenvalue weighted by Crippen LogP contribution is 2.36. The summed E-state index contributed by atoms with van der Waals surface area (Å²) in [5, 5.41) is 3.67. The molecule has 2 aliphatic rings. The van der Waals surface area contributed by atoms with Crippen LogP contribution in [0.15, 0.2) is 12.1 Å². The number of piperidine rings is 1. The zero-order chi connectivity index (χ0) is 17.1. The molecule has 2 heterocycles. The van der Waals surface area contributed by atoms with E-state index < -0.39 is 0 Å². The summed E-state index contributed by atoms with van der Waals surface area (Å²) in [4.78, 5) is 2.54. The third-order valence-corrected chi connectivity index (χ3v) is 4.93. The lowest BCUT2D eigenvalue weighted by Gasteiger charge is -2.33. The van der Waals surface area contributed by atoms with Crippen molar-refractivity contribution in [2.75, 3.05) is 19.7 Å². The monoisotopic (exact) mass is 332 g/mol. The summed E-state index contributed by atoms with van der Waals surface area (Å²) in [5.41, 5.74) is 2.55. The molecule has 134 valence electrons. The summed E-state index contributed by atoms with van der Waals surface area (Å²) in [5.74, 6) is 2.09. The third kappa shape index (κ3) is 4.22. The topological polar surface area (TPSA) is 33.7 Å². The molecule has 0 aliphatic carbocycles. The quantitative estimate of drug-likeness (QED) is 0.866. The van der Waals surface area contributed by atoms with Gasteiger partial charge in [0.1, 0.15) is 17.6 Å². The normalized spacial score (nSPS) is 21.8. The van der Waals surface area contributed by atoms with Gasteiger partial charge in [-0.25, -0.2) is 0 Å². The first kappa shape index (κ1) is 17.6. The smallest absolute Gasteiger partial charge is 0.124 e. The molecular weight excluding hydrogens is 300 g/mol. The molecule has 0 spiro atoms. The van der Waals surface area contributed by atoms with Crippen molar-refractivity contribution in [3.8, 4) is 11.5 Å². The number of hydrogen-bond acceptors (Lipinski definition) is 4. The molecule has 0 amide bonds. The van der Waals surface area contributed by atoms with E-state index in [-0.39, 0.29) is 6.10 Å². The van der Waals surface area contributed by atoms with Crippen LogP contribution in [-0.4, -0.2) is 42.8 Å². The molecule has 24 heavy (non-hydrogen) atoms. The summed E-state index contributed by atoms with van der Waals surface area (Å²) < 4.78 is 11.9. The van der Waals surface area contributed by atoms with Gasteiger partial charge in [-0.15, -0.1) is 0 Å². The van der Waals surface area contributed by atoms with Gasteiger partial charge in [-0.3, -0.25) is 4.90 Å². The predicted octanol–water partition coefficient (Wildman–Crippen LogP) is 3.37. The van der Waals surface area contributed by atoms with Gasteiger partial charge in [0.05, 0.1) is 6.61 Å². The van der Waals surface area contributed by atoms with E-state index >= 15 is 0 Å². The summed E-state index contributed by atoms with van der Waals surface area (Å²) in [6.07, 6.45) is 3.71. The van der Waals surface area contributed by atoms with Crippen molar-refractivity contribution >= 4 is 0 Å². The summed E-state index contributed by atoms with van der Waals surface area (Å²) >= 11 is 0. The Balaban J connectivity index is 1.66. The molecular formula is C20H32N2O2. The van der Waals surface area contributed by atoms with E-state index in [2.05, 4.69) is 50.0 Å². The fraction of sp³-hybridized carbons (Fsp3) is 0.700. The van der Waals surface area contributed by atoms with Crippen molar-refractivity contribution in [3.63, 3.8) is 0 Å². The number of nitrogens with zero attached hydrogens (tertiary/aromatic N) is 1. The summed E-state index contributed by atoms with van der Waals surface area (Å²) in [6, 6.07) is 5.64. The molecule has 1 atom stereocenters. The average Bonchev–Trinajstić information content (AvgIpc) is 2.88. The Kier molecular flexibility index (Phi) is 5.67. The molecule has 0 radical (unpaired) electrons. The Bertz CT molecular complexity index is 551. The van der Waals surface area contributed by atoms with E-state index in [1.165, 1.54) is 24.0 Å². The molecule has 1 fully saturated rings. The van der Waals surface area contributed by atoms with Crippen LogP contribution in [0.1, 0.15) is 51.7 Å². The van der Waals surface area contributed by atoms with Gasteiger partial charge >= 0.3 is 0 Å². The maximum absolute atomic E-state index is 5.95. The van der Waals surface area contributed by atoms with Crippen molar-refractivity contribution in [2.24, 2.45) is 0 Å². The first-order valence-electron chi connectivity index (χ1n) is 9.48. The molecule has 0 saturated carbocycles. The van der Waals surface area contributed by atoms with Gasteiger partial charge in [-0.2, -0.15) is 0 Å². The van der Waals surface area contributed by atoms with Crippen LogP contribution in [0.5, 0.6) is 11.5 Å². The van der Waals surface area contributed by atoms with Crippen molar-refractivity contribution < 1.29 is 9.47 Å². The molecule has 3 rings (SSSR count). The van der Waals surface area contributed by atoms with E-state index in [1.807, 2.05) is 0 Å². The Morgan fingerprint density at radius 3 is 2.71 bits per heavy atom. The van der Waals surface area contributed by atoms with E-state index in [1.54, 1.807) is 0 Å². The van der Waals surface area contributed by atoms with Crippen molar-refractivity contribution in [1.82, 2.24) is 10.2 Å². The lowest BCUT2D eigenvalue weighted by molar-refractivity contribution is 0.183. The number of fused-ring (bicyclic) bond motifs is 1. The molecule has 1 saturated heterocycles. The Morgan fingerprint density at radius 2 is 2.04 bits per heavy atom. The minimum absolute atomic E-state index is 0.280. The van der Waals surface area contributed by atoms with Gasteiger partial charge in [0.25, 0.3) is 0 Å². The Labute approximate surface area is 146 Å². The number of benzene rings is 1. The molecule has 4 nitrogen and oxygen atoms in total. The molecule has 2 aliphatic heterocycles. The van der Waals surface area contributed by atoms with Crippen LogP contribution in [0.2, 0.25) is 0 Å².